The van der Waals surface area contributed by atoms with Crippen LogP contribution < -0.4 is 14.4 Å². The number of halogens is 1. The van der Waals surface area contributed by atoms with Crippen LogP contribution in [0.2, 0.25) is 0 Å². The molecule has 0 aliphatic carbocycles. The maximum atomic E-state index is 6.92. The van der Waals surface area contributed by atoms with Crippen molar-refractivity contribution in [3.05, 3.63) is 77.9 Å². The zero-order chi connectivity index (χ0) is 25.6. The van der Waals surface area contributed by atoms with Crippen LogP contribution in [0.4, 0.5) is 17.1 Å². The second kappa shape index (κ2) is 11.4. The molecule has 0 aliphatic heterocycles. The number of anilines is 3. The van der Waals surface area contributed by atoms with Gasteiger partial charge in [0.05, 0.1) is 24.8 Å². The fourth-order valence-electron chi connectivity index (χ4n) is 4.64. The minimum Gasteiger partial charge on any atom is -0.497 e. The first-order chi connectivity index (χ1) is 16.8. The Morgan fingerprint density at radius 3 is 1.63 bits per heavy atom. The van der Waals surface area contributed by atoms with Gasteiger partial charge in [-0.2, -0.15) is 0 Å². The Morgan fingerprint density at radius 2 is 1.20 bits per heavy atom. The molecule has 4 heteroatoms. The molecule has 0 atom stereocenters. The molecule has 0 saturated heterocycles. The topological polar surface area (TPSA) is 21.7 Å². The minimum atomic E-state index is -0.340. The van der Waals surface area contributed by atoms with Crippen molar-refractivity contribution in [2.75, 3.05) is 19.1 Å². The zero-order valence-corrected chi connectivity index (χ0v) is 23.1. The number of nitrogens with zero attached hydrogens (tertiary/aromatic N) is 1. The summed E-state index contributed by atoms with van der Waals surface area (Å²) < 4.78 is 11.2. The van der Waals surface area contributed by atoms with Gasteiger partial charge >= 0.3 is 0 Å². The molecule has 0 unspecified atom stereocenters. The third-order valence-corrected chi connectivity index (χ3v) is 8.53. The predicted octanol–water partition coefficient (Wildman–Crippen LogP) is 9.51. The highest BCUT2D eigenvalue weighted by Crippen LogP contribution is 2.44. The summed E-state index contributed by atoms with van der Waals surface area (Å²) in [6, 6.07) is 23.5. The van der Waals surface area contributed by atoms with Gasteiger partial charge in [-0.05, 0) is 78.6 Å². The number of hydrogen-bond acceptors (Lipinski definition) is 3. The van der Waals surface area contributed by atoms with E-state index in [9.17, 15) is 0 Å². The first-order valence-electron chi connectivity index (χ1n) is 12.7. The number of hydrogen-bond donors (Lipinski definition) is 0. The average Bonchev–Trinajstić information content (AvgIpc) is 2.93. The molecule has 0 saturated carbocycles. The summed E-state index contributed by atoms with van der Waals surface area (Å²) in [4.78, 5) is 1.89. The quantitative estimate of drug-likeness (QED) is 0.248. The second-order valence-corrected chi connectivity index (χ2v) is 10.1. The Hall–Kier alpha value is -2.65. The summed E-state index contributed by atoms with van der Waals surface area (Å²) in [6.45, 7) is 11.1. The SMILES string of the molecule is CCC(C)(CC)c1ccc(N(c2ccc(C(Cl)(CC)CC)cc2)c2ccc(OC)cc2OC)cc1. The van der Waals surface area contributed by atoms with Gasteiger partial charge in [0, 0.05) is 17.4 Å². The van der Waals surface area contributed by atoms with Gasteiger partial charge in [0.25, 0.3) is 0 Å². The van der Waals surface area contributed by atoms with E-state index in [1.54, 1.807) is 14.2 Å². The van der Waals surface area contributed by atoms with E-state index in [2.05, 4.69) is 88.0 Å². The van der Waals surface area contributed by atoms with E-state index in [1.165, 1.54) is 5.56 Å². The zero-order valence-electron chi connectivity index (χ0n) is 22.3. The van der Waals surface area contributed by atoms with Crippen LogP contribution in [-0.2, 0) is 10.3 Å². The van der Waals surface area contributed by atoms with Gasteiger partial charge in [0.2, 0.25) is 0 Å². The molecule has 3 aromatic carbocycles. The normalized spacial score (nSPS) is 11.9. The summed E-state index contributed by atoms with van der Waals surface area (Å²) in [7, 11) is 3.36. The van der Waals surface area contributed by atoms with Crippen LogP contribution in [0.3, 0.4) is 0 Å². The van der Waals surface area contributed by atoms with Crippen LogP contribution in [0.25, 0.3) is 0 Å². The van der Waals surface area contributed by atoms with Crippen LogP contribution >= 0.6 is 11.6 Å². The molecule has 3 aromatic rings. The number of methoxy groups -OCH3 is 2. The van der Waals surface area contributed by atoms with Crippen molar-refractivity contribution in [1.29, 1.82) is 0 Å². The van der Waals surface area contributed by atoms with Gasteiger partial charge in [-0.15, -0.1) is 11.6 Å². The van der Waals surface area contributed by atoms with Gasteiger partial charge in [-0.25, -0.2) is 0 Å². The minimum absolute atomic E-state index is 0.173. The number of rotatable bonds is 11. The predicted molar refractivity (Wildman–Crippen MR) is 150 cm³/mol. The highest BCUT2D eigenvalue weighted by Gasteiger charge is 2.26. The van der Waals surface area contributed by atoms with Gasteiger partial charge < -0.3 is 14.4 Å². The van der Waals surface area contributed by atoms with Crippen LogP contribution in [0, 0.1) is 0 Å². The van der Waals surface area contributed by atoms with E-state index in [0.29, 0.717) is 0 Å². The van der Waals surface area contributed by atoms with E-state index >= 15 is 0 Å². The van der Waals surface area contributed by atoms with Crippen LogP contribution in [-0.4, -0.2) is 14.2 Å². The Kier molecular flexibility index (Phi) is 8.77. The highest BCUT2D eigenvalue weighted by molar-refractivity contribution is 6.24. The van der Waals surface area contributed by atoms with Gasteiger partial charge in [0.15, 0.2) is 0 Å². The molecule has 0 spiro atoms. The lowest BCUT2D eigenvalue weighted by molar-refractivity contribution is 0.395. The lowest BCUT2D eigenvalue weighted by Gasteiger charge is -2.31. The van der Waals surface area contributed by atoms with E-state index in [1.807, 2.05) is 18.2 Å². The standard InChI is InChI=1S/C31H40ClNO2/c1-8-30(5,9-2)23-12-16-25(17-13-23)33(28-21-20-27(34-6)22-29(28)35-7)26-18-14-24(15-19-26)31(32,10-3)11-4/h12-22H,8-11H2,1-7H3. The summed E-state index contributed by atoms with van der Waals surface area (Å²) in [5.74, 6) is 1.51. The van der Waals surface area contributed by atoms with E-state index in [4.69, 9.17) is 21.1 Å². The van der Waals surface area contributed by atoms with Crippen molar-refractivity contribution in [1.82, 2.24) is 0 Å². The van der Waals surface area contributed by atoms with E-state index in [-0.39, 0.29) is 10.3 Å². The van der Waals surface area contributed by atoms with Crippen molar-refractivity contribution in [3.63, 3.8) is 0 Å². The van der Waals surface area contributed by atoms with Gasteiger partial charge in [-0.1, -0.05) is 58.9 Å². The number of ether oxygens (including phenoxy) is 2. The summed E-state index contributed by atoms with van der Waals surface area (Å²) in [5.41, 5.74) is 5.75. The molecule has 0 bridgehead atoms. The largest absolute Gasteiger partial charge is 0.497 e. The lowest BCUT2D eigenvalue weighted by atomic mass is 9.78. The molecule has 188 valence electrons. The molecule has 0 N–H and O–H groups in total. The van der Waals surface area contributed by atoms with Crippen molar-refractivity contribution >= 4 is 28.7 Å². The lowest BCUT2D eigenvalue weighted by Crippen LogP contribution is -2.19. The Labute approximate surface area is 217 Å². The van der Waals surface area contributed by atoms with Crippen LogP contribution in [0.5, 0.6) is 11.5 Å². The Morgan fingerprint density at radius 1 is 0.686 bits per heavy atom. The van der Waals surface area contributed by atoms with E-state index in [0.717, 1.165) is 59.8 Å². The van der Waals surface area contributed by atoms with E-state index < -0.39 is 0 Å². The number of alkyl halides is 1. The Bertz CT molecular complexity index is 1020. The molecular formula is C31H40ClNO2. The molecule has 0 amide bonds. The van der Waals surface area contributed by atoms with Crippen molar-refractivity contribution < 1.29 is 9.47 Å². The molecule has 3 nitrogen and oxygen atoms in total. The second-order valence-electron chi connectivity index (χ2n) is 9.41. The molecular weight excluding hydrogens is 454 g/mol. The smallest absolute Gasteiger partial charge is 0.146 e. The van der Waals surface area contributed by atoms with Crippen LogP contribution in [0.15, 0.2) is 66.7 Å². The molecule has 0 fully saturated rings. The van der Waals surface area contributed by atoms with Crippen LogP contribution in [0.1, 0.15) is 71.4 Å². The Balaban J connectivity index is 2.14. The van der Waals surface area contributed by atoms with Crippen molar-refractivity contribution in [2.24, 2.45) is 0 Å². The molecule has 0 aromatic heterocycles. The van der Waals surface area contributed by atoms with Gasteiger partial charge in [-0.3, -0.25) is 0 Å². The highest BCUT2D eigenvalue weighted by atomic mass is 35.5. The van der Waals surface area contributed by atoms with Crippen molar-refractivity contribution in [2.45, 2.75) is 70.6 Å². The molecule has 3 rings (SSSR count). The average molecular weight is 494 g/mol. The monoisotopic (exact) mass is 493 g/mol. The molecule has 0 aliphatic rings. The first kappa shape index (κ1) is 26.9. The van der Waals surface area contributed by atoms with Gasteiger partial charge in [0.1, 0.15) is 11.5 Å². The number of benzene rings is 3. The fourth-order valence-corrected chi connectivity index (χ4v) is 4.76. The fraction of sp³-hybridized carbons (Fsp3) is 0.419. The maximum absolute atomic E-state index is 6.92. The summed E-state index contributed by atoms with van der Waals surface area (Å²) in [5, 5.41) is 0. The maximum Gasteiger partial charge on any atom is 0.146 e. The molecule has 0 heterocycles. The first-order valence-corrected chi connectivity index (χ1v) is 13.1. The third kappa shape index (κ3) is 5.46. The molecule has 0 radical (unpaired) electrons. The summed E-state index contributed by atoms with van der Waals surface area (Å²) in [6.07, 6.45) is 3.98. The third-order valence-electron chi connectivity index (χ3n) is 7.77. The summed E-state index contributed by atoms with van der Waals surface area (Å²) >= 11 is 6.92. The van der Waals surface area contributed by atoms with Crippen molar-refractivity contribution in [3.8, 4) is 11.5 Å². The molecule has 35 heavy (non-hydrogen) atoms.